The average molecular weight is 467 g/mol. The zero-order valence-corrected chi connectivity index (χ0v) is 18.1. The number of nitrogens with zero attached hydrogens (tertiary/aromatic N) is 1. The molecule has 0 saturated heterocycles. The minimum atomic E-state index is -0.528. The molecule has 3 rings (SSSR count). The Morgan fingerprint density at radius 2 is 1.96 bits per heavy atom. The van der Waals surface area contributed by atoms with E-state index in [9.17, 15) is 4.79 Å². The zero-order chi connectivity index (χ0) is 19.8. The standard InChI is InChI=1S/C19H17BrClN3O2S/c1-19(2,3)17(25)24-18(27)22-11-5-7-15-14(9-11)23-16(26-15)12-8-10(20)4-6-13(12)21/h4-9H,1-3H3,(H2,22,24,25,27). The smallest absolute Gasteiger partial charge is 0.231 e. The topological polar surface area (TPSA) is 67.2 Å². The van der Waals surface area contributed by atoms with Crippen LogP contribution in [0.2, 0.25) is 5.02 Å². The molecule has 0 aliphatic heterocycles. The molecule has 0 aliphatic carbocycles. The fourth-order valence-electron chi connectivity index (χ4n) is 2.23. The summed E-state index contributed by atoms with van der Waals surface area (Å²) in [6.45, 7) is 5.46. The van der Waals surface area contributed by atoms with Crippen molar-refractivity contribution in [1.29, 1.82) is 0 Å². The van der Waals surface area contributed by atoms with E-state index in [4.69, 9.17) is 28.2 Å². The van der Waals surface area contributed by atoms with Gasteiger partial charge in [-0.15, -0.1) is 0 Å². The van der Waals surface area contributed by atoms with Crippen molar-refractivity contribution in [3.8, 4) is 11.5 Å². The lowest BCUT2D eigenvalue weighted by Crippen LogP contribution is -2.41. The van der Waals surface area contributed by atoms with Gasteiger partial charge >= 0.3 is 0 Å². The van der Waals surface area contributed by atoms with Crippen molar-refractivity contribution in [3.05, 3.63) is 45.9 Å². The van der Waals surface area contributed by atoms with Crippen molar-refractivity contribution in [3.63, 3.8) is 0 Å². The molecule has 1 aromatic heterocycles. The van der Waals surface area contributed by atoms with E-state index >= 15 is 0 Å². The van der Waals surface area contributed by atoms with Gasteiger partial charge < -0.3 is 15.1 Å². The van der Waals surface area contributed by atoms with Crippen LogP contribution in [0.1, 0.15) is 20.8 Å². The molecule has 0 aliphatic rings. The van der Waals surface area contributed by atoms with Gasteiger partial charge in [0.25, 0.3) is 0 Å². The summed E-state index contributed by atoms with van der Waals surface area (Å²) in [6.07, 6.45) is 0. The van der Waals surface area contributed by atoms with Crippen LogP contribution in [0, 0.1) is 5.41 Å². The molecule has 0 saturated carbocycles. The second-order valence-electron chi connectivity index (χ2n) is 6.98. The number of amides is 1. The normalized spacial score (nSPS) is 11.4. The molecular weight excluding hydrogens is 450 g/mol. The van der Waals surface area contributed by atoms with Crippen molar-refractivity contribution in [2.24, 2.45) is 5.41 Å². The number of halogens is 2. The van der Waals surface area contributed by atoms with Gasteiger partial charge in [-0.05, 0) is 48.6 Å². The van der Waals surface area contributed by atoms with Crippen molar-refractivity contribution in [2.45, 2.75) is 20.8 Å². The second-order valence-corrected chi connectivity index (χ2v) is 8.72. The maximum atomic E-state index is 12.0. The third-order valence-corrected chi connectivity index (χ3v) is 4.74. The van der Waals surface area contributed by atoms with Crippen LogP contribution in [-0.2, 0) is 4.79 Å². The van der Waals surface area contributed by atoms with Gasteiger partial charge in [-0.25, -0.2) is 4.98 Å². The molecule has 0 bridgehead atoms. The molecule has 3 aromatic rings. The molecule has 1 amide bonds. The van der Waals surface area contributed by atoms with E-state index in [1.807, 2.05) is 32.9 Å². The van der Waals surface area contributed by atoms with Crippen molar-refractivity contribution >= 4 is 67.6 Å². The molecule has 140 valence electrons. The highest BCUT2D eigenvalue weighted by atomic mass is 79.9. The lowest BCUT2D eigenvalue weighted by Gasteiger charge is -2.18. The summed E-state index contributed by atoms with van der Waals surface area (Å²) in [5.41, 5.74) is 2.14. The maximum Gasteiger partial charge on any atom is 0.231 e. The molecule has 8 heteroatoms. The van der Waals surface area contributed by atoms with Gasteiger partial charge in [0.15, 0.2) is 10.7 Å². The molecular formula is C19H17BrClN3O2S. The van der Waals surface area contributed by atoms with Gasteiger partial charge in [-0.3, -0.25) is 4.79 Å². The first kappa shape index (κ1) is 19.8. The Kier molecular flexibility index (Phi) is 5.55. The number of hydrogen-bond acceptors (Lipinski definition) is 4. The lowest BCUT2D eigenvalue weighted by atomic mass is 9.96. The molecule has 2 aromatic carbocycles. The monoisotopic (exact) mass is 465 g/mol. The SMILES string of the molecule is CC(C)(C)C(=O)NC(=S)Nc1ccc2oc(-c3cc(Br)ccc3Cl)nc2c1. The second kappa shape index (κ2) is 7.58. The molecule has 27 heavy (non-hydrogen) atoms. The van der Waals surface area contributed by atoms with Gasteiger partial charge in [0.2, 0.25) is 11.8 Å². The summed E-state index contributed by atoms with van der Waals surface area (Å²) >= 11 is 14.9. The number of oxazole rings is 1. The van der Waals surface area contributed by atoms with Gasteiger partial charge in [-0.2, -0.15) is 0 Å². The molecule has 1 heterocycles. The summed E-state index contributed by atoms with van der Waals surface area (Å²) in [5.74, 6) is 0.270. The lowest BCUT2D eigenvalue weighted by molar-refractivity contribution is -0.126. The Morgan fingerprint density at radius 1 is 1.22 bits per heavy atom. The van der Waals surface area contributed by atoms with Crippen molar-refractivity contribution < 1.29 is 9.21 Å². The largest absolute Gasteiger partial charge is 0.436 e. The number of carbonyl (C=O) groups is 1. The van der Waals surface area contributed by atoms with Crippen molar-refractivity contribution in [2.75, 3.05) is 5.32 Å². The number of carbonyl (C=O) groups excluding carboxylic acids is 1. The Hall–Kier alpha value is -1.96. The van der Waals surface area contributed by atoms with Crippen LogP contribution in [0.15, 0.2) is 45.3 Å². The number of aromatic nitrogens is 1. The highest BCUT2D eigenvalue weighted by Gasteiger charge is 2.22. The molecule has 0 atom stereocenters. The third-order valence-electron chi connectivity index (χ3n) is 3.71. The third kappa shape index (κ3) is 4.66. The van der Waals surface area contributed by atoms with Crippen LogP contribution in [0.5, 0.6) is 0 Å². The van der Waals surface area contributed by atoms with Gasteiger partial charge in [-0.1, -0.05) is 48.3 Å². The number of hydrogen-bond donors (Lipinski definition) is 2. The molecule has 0 radical (unpaired) electrons. The van der Waals surface area contributed by atoms with Crippen LogP contribution in [-0.4, -0.2) is 16.0 Å². The molecule has 5 nitrogen and oxygen atoms in total. The van der Waals surface area contributed by atoms with E-state index in [0.717, 1.165) is 4.47 Å². The van der Waals surface area contributed by atoms with E-state index in [0.29, 0.717) is 33.3 Å². The summed E-state index contributed by atoms with van der Waals surface area (Å²) in [6, 6.07) is 10.9. The number of rotatable bonds is 2. The highest BCUT2D eigenvalue weighted by Crippen LogP contribution is 2.32. The van der Waals surface area contributed by atoms with Crippen molar-refractivity contribution in [1.82, 2.24) is 10.3 Å². The maximum absolute atomic E-state index is 12.0. The fraction of sp³-hybridized carbons (Fsp3) is 0.211. The summed E-state index contributed by atoms with van der Waals surface area (Å²) in [4.78, 5) is 16.5. The molecule has 0 fully saturated rings. The molecule has 0 unspecified atom stereocenters. The predicted octanol–water partition coefficient (Wildman–Crippen LogP) is 5.77. The summed E-state index contributed by atoms with van der Waals surface area (Å²) in [7, 11) is 0. The summed E-state index contributed by atoms with van der Waals surface area (Å²) in [5, 5.41) is 6.45. The first-order chi connectivity index (χ1) is 12.6. The zero-order valence-electron chi connectivity index (χ0n) is 14.9. The molecule has 2 N–H and O–H groups in total. The number of thiocarbonyl (C=S) groups is 1. The fourth-order valence-corrected chi connectivity index (χ4v) is 3.00. The molecule has 0 spiro atoms. The van der Waals surface area contributed by atoms with Gasteiger partial charge in [0.05, 0.1) is 10.6 Å². The van der Waals surface area contributed by atoms with E-state index in [1.165, 1.54) is 0 Å². The van der Waals surface area contributed by atoms with Gasteiger partial charge in [0, 0.05) is 15.6 Å². The number of nitrogens with one attached hydrogen (secondary N) is 2. The first-order valence-electron chi connectivity index (χ1n) is 8.12. The number of benzene rings is 2. The van der Waals surface area contributed by atoms with Crippen LogP contribution >= 0.6 is 39.7 Å². The quantitative estimate of drug-likeness (QED) is 0.469. The number of anilines is 1. The first-order valence-corrected chi connectivity index (χ1v) is 9.70. The predicted molar refractivity (Wildman–Crippen MR) is 116 cm³/mol. The minimum absolute atomic E-state index is 0.158. The van der Waals surface area contributed by atoms with Crippen LogP contribution in [0.3, 0.4) is 0 Å². The van der Waals surface area contributed by atoms with Crippen LogP contribution in [0.4, 0.5) is 5.69 Å². The van der Waals surface area contributed by atoms with Crippen LogP contribution < -0.4 is 10.6 Å². The average Bonchev–Trinajstić information content (AvgIpc) is 2.99. The van der Waals surface area contributed by atoms with Gasteiger partial charge in [0.1, 0.15) is 5.52 Å². The Morgan fingerprint density at radius 3 is 2.67 bits per heavy atom. The number of fused-ring (bicyclic) bond motifs is 1. The minimum Gasteiger partial charge on any atom is -0.436 e. The van der Waals surface area contributed by atoms with E-state index in [1.54, 1.807) is 24.3 Å². The van der Waals surface area contributed by atoms with E-state index in [-0.39, 0.29) is 11.0 Å². The van der Waals surface area contributed by atoms with Crippen LogP contribution in [0.25, 0.3) is 22.6 Å². The summed E-state index contributed by atoms with van der Waals surface area (Å²) < 4.78 is 6.69. The van der Waals surface area contributed by atoms with E-state index in [2.05, 4.69) is 31.5 Å². The highest BCUT2D eigenvalue weighted by molar-refractivity contribution is 9.10. The Balaban J connectivity index is 1.83. The Bertz CT molecular complexity index is 1040. The van der Waals surface area contributed by atoms with E-state index < -0.39 is 5.41 Å². The Labute approximate surface area is 175 Å².